The quantitative estimate of drug-likeness (QED) is 0.453. The fourth-order valence-corrected chi connectivity index (χ4v) is 1.35. The van der Waals surface area contributed by atoms with Gasteiger partial charge in [0.05, 0.1) is 0 Å². The molecule has 1 atom stereocenters. The van der Waals surface area contributed by atoms with E-state index in [1.54, 1.807) is 19.1 Å². The maximum Gasteiger partial charge on any atom is 0.152 e. The summed E-state index contributed by atoms with van der Waals surface area (Å²) in [5.74, 6) is 0.775. The lowest BCUT2D eigenvalue weighted by Crippen LogP contribution is -1.91. The summed E-state index contributed by atoms with van der Waals surface area (Å²) >= 11 is 0. The van der Waals surface area contributed by atoms with Gasteiger partial charge in [-0.1, -0.05) is 50.6 Å². The van der Waals surface area contributed by atoms with Gasteiger partial charge in [-0.15, -0.1) is 0 Å². The minimum absolute atomic E-state index is 0.0843. The zero-order valence-electron chi connectivity index (χ0n) is 10.1. The molecule has 0 amide bonds. The minimum Gasteiger partial charge on any atom is -0.295 e. The zero-order chi connectivity index (χ0) is 11.5. The lowest BCUT2D eigenvalue weighted by atomic mass is 10.0. The Balaban J connectivity index is 3.90. The van der Waals surface area contributed by atoms with Crippen molar-refractivity contribution >= 4 is 5.78 Å². The summed E-state index contributed by atoms with van der Waals surface area (Å²) in [6.07, 6.45) is 15.2. The van der Waals surface area contributed by atoms with Gasteiger partial charge in [-0.25, -0.2) is 0 Å². The number of hydrogen-bond donors (Lipinski definition) is 0. The highest BCUT2D eigenvalue weighted by atomic mass is 16.1. The molecule has 0 aromatic carbocycles. The van der Waals surface area contributed by atoms with Crippen LogP contribution in [0, 0.1) is 5.92 Å². The number of carbonyl (C=O) groups excluding carboxylic acids is 1. The van der Waals surface area contributed by atoms with E-state index in [1.165, 1.54) is 19.3 Å². The minimum atomic E-state index is 0.0843. The second-order valence-corrected chi connectivity index (χ2v) is 3.70. The largest absolute Gasteiger partial charge is 0.295 e. The fourth-order valence-electron chi connectivity index (χ4n) is 1.35. The number of hydrogen-bond acceptors (Lipinski definition) is 1. The number of carbonyl (C=O) groups is 1. The molecule has 0 N–H and O–H groups in total. The first-order chi connectivity index (χ1) is 7.20. The Morgan fingerprint density at radius 1 is 1.13 bits per heavy atom. The van der Waals surface area contributed by atoms with Crippen LogP contribution < -0.4 is 0 Å². The second-order valence-electron chi connectivity index (χ2n) is 3.70. The predicted octanol–water partition coefficient (Wildman–Crippen LogP) is 4.07. The van der Waals surface area contributed by atoms with Crippen LogP contribution in [0.1, 0.15) is 40.0 Å². The smallest absolute Gasteiger partial charge is 0.152 e. The van der Waals surface area contributed by atoms with Crippen LogP contribution in [0.2, 0.25) is 0 Å². The van der Waals surface area contributed by atoms with E-state index in [2.05, 4.69) is 26.0 Å². The second kappa shape index (κ2) is 9.45. The zero-order valence-corrected chi connectivity index (χ0v) is 10.1. The molecule has 0 aliphatic rings. The summed E-state index contributed by atoms with van der Waals surface area (Å²) in [4.78, 5) is 10.6. The molecule has 0 saturated heterocycles. The van der Waals surface area contributed by atoms with Crippen LogP contribution in [0.5, 0.6) is 0 Å². The Kier molecular flexibility index (Phi) is 8.75. The van der Waals surface area contributed by atoms with Crippen molar-refractivity contribution in [1.82, 2.24) is 0 Å². The first-order valence-electron chi connectivity index (χ1n) is 5.72. The van der Waals surface area contributed by atoms with E-state index in [0.717, 1.165) is 0 Å². The van der Waals surface area contributed by atoms with Crippen molar-refractivity contribution in [2.24, 2.45) is 5.92 Å². The molecule has 0 fully saturated rings. The van der Waals surface area contributed by atoms with Gasteiger partial charge in [-0.3, -0.25) is 4.79 Å². The maximum atomic E-state index is 10.6. The normalized spacial score (nSPS) is 14.3. The van der Waals surface area contributed by atoms with Crippen molar-refractivity contribution in [3.05, 3.63) is 36.5 Å². The third-order valence-corrected chi connectivity index (χ3v) is 2.23. The van der Waals surface area contributed by atoms with Gasteiger partial charge in [-0.2, -0.15) is 0 Å². The highest BCUT2D eigenvalue weighted by Crippen LogP contribution is 2.11. The highest BCUT2D eigenvalue weighted by molar-refractivity contribution is 5.87. The maximum absolute atomic E-state index is 10.6. The summed E-state index contributed by atoms with van der Waals surface area (Å²) in [6.45, 7) is 5.97. The topological polar surface area (TPSA) is 17.1 Å². The Bertz CT molecular complexity index is 246. The summed E-state index contributed by atoms with van der Waals surface area (Å²) in [5.41, 5.74) is 0. The van der Waals surface area contributed by atoms with Crippen molar-refractivity contribution in [2.75, 3.05) is 0 Å². The summed E-state index contributed by atoms with van der Waals surface area (Å²) in [5, 5.41) is 0. The molecule has 0 rings (SSSR count). The van der Waals surface area contributed by atoms with Gasteiger partial charge in [0.1, 0.15) is 0 Å². The van der Waals surface area contributed by atoms with Crippen LogP contribution in [0.3, 0.4) is 0 Å². The molecule has 0 spiro atoms. The first-order valence-corrected chi connectivity index (χ1v) is 5.72. The molecule has 1 heteroatoms. The lowest BCUT2D eigenvalue weighted by Gasteiger charge is -2.05. The molecule has 1 nitrogen and oxygen atoms in total. The molecule has 0 bridgehead atoms. The molecule has 0 aliphatic heterocycles. The first kappa shape index (κ1) is 13.9. The van der Waals surface area contributed by atoms with Crippen molar-refractivity contribution in [3.63, 3.8) is 0 Å². The van der Waals surface area contributed by atoms with Gasteiger partial charge < -0.3 is 0 Å². The van der Waals surface area contributed by atoms with Crippen LogP contribution in [-0.2, 0) is 4.79 Å². The van der Waals surface area contributed by atoms with E-state index in [4.69, 9.17) is 0 Å². The third kappa shape index (κ3) is 9.20. The number of rotatable bonds is 7. The van der Waals surface area contributed by atoms with E-state index in [0.29, 0.717) is 5.92 Å². The van der Waals surface area contributed by atoms with Crippen LogP contribution in [0.25, 0.3) is 0 Å². The van der Waals surface area contributed by atoms with E-state index in [9.17, 15) is 4.79 Å². The van der Waals surface area contributed by atoms with Crippen molar-refractivity contribution in [3.8, 4) is 0 Å². The average Bonchev–Trinajstić information content (AvgIpc) is 2.21. The number of allylic oxidation sites excluding steroid dienone is 6. The van der Waals surface area contributed by atoms with Gasteiger partial charge in [0.25, 0.3) is 0 Å². The van der Waals surface area contributed by atoms with Gasteiger partial charge in [0, 0.05) is 0 Å². The molecule has 84 valence electrons. The van der Waals surface area contributed by atoms with Crippen molar-refractivity contribution in [1.29, 1.82) is 0 Å². The molecule has 0 radical (unpaired) electrons. The summed E-state index contributed by atoms with van der Waals surface area (Å²) < 4.78 is 0. The monoisotopic (exact) mass is 206 g/mol. The molecular formula is C14H22O. The van der Waals surface area contributed by atoms with Crippen LogP contribution in [0.4, 0.5) is 0 Å². The Hall–Kier alpha value is -1.11. The van der Waals surface area contributed by atoms with Crippen LogP contribution in [0.15, 0.2) is 36.5 Å². The molecule has 0 aliphatic carbocycles. The van der Waals surface area contributed by atoms with E-state index in [-0.39, 0.29) is 5.78 Å². The Morgan fingerprint density at radius 3 is 2.33 bits per heavy atom. The Labute approximate surface area is 93.6 Å². The predicted molar refractivity (Wildman–Crippen MR) is 66.8 cm³/mol. The number of ketones is 1. The van der Waals surface area contributed by atoms with Gasteiger partial charge >= 0.3 is 0 Å². The molecule has 0 aromatic rings. The van der Waals surface area contributed by atoms with Crippen molar-refractivity contribution in [2.45, 2.75) is 40.0 Å². The average molecular weight is 206 g/mol. The SMILES string of the molecule is CCCC(/C=C/C=C/C=C/C(C)=O)CC. The molecule has 15 heavy (non-hydrogen) atoms. The summed E-state index contributed by atoms with van der Waals surface area (Å²) in [7, 11) is 0. The van der Waals surface area contributed by atoms with Gasteiger partial charge in [0.2, 0.25) is 0 Å². The van der Waals surface area contributed by atoms with E-state index < -0.39 is 0 Å². The molecule has 0 saturated carbocycles. The summed E-state index contributed by atoms with van der Waals surface area (Å²) in [6, 6.07) is 0. The molecule has 1 unspecified atom stereocenters. The van der Waals surface area contributed by atoms with Crippen molar-refractivity contribution < 1.29 is 4.79 Å². The van der Waals surface area contributed by atoms with E-state index >= 15 is 0 Å². The third-order valence-electron chi connectivity index (χ3n) is 2.23. The van der Waals surface area contributed by atoms with Crippen LogP contribution in [-0.4, -0.2) is 5.78 Å². The Morgan fingerprint density at radius 2 is 1.80 bits per heavy atom. The highest BCUT2D eigenvalue weighted by Gasteiger charge is 1.97. The lowest BCUT2D eigenvalue weighted by molar-refractivity contribution is -0.112. The molecule has 0 aromatic heterocycles. The van der Waals surface area contributed by atoms with Crippen LogP contribution >= 0.6 is 0 Å². The van der Waals surface area contributed by atoms with E-state index in [1.807, 2.05) is 12.2 Å². The molecule has 0 heterocycles. The molecular weight excluding hydrogens is 184 g/mol. The fraction of sp³-hybridized carbons (Fsp3) is 0.500. The van der Waals surface area contributed by atoms with Gasteiger partial charge in [-0.05, 0) is 31.8 Å². The standard InChI is InChI=1S/C14H22O/c1-4-10-14(5-2)12-9-7-6-8-11-13(3)15/h6-9,11-12,14H,4-5,10H2,1-3H3/b7-6+,11-8+,12-9+. The van der Waals surface area contributed by atoms with Gasteiger partial charge in [0.15, 0.2) is 5.78 Å².